The molecule has 2 aromatic rings. The smallest absolute Gasteiger partial charge is 0.137 e. The molecular weight excluding hydrogens is 276 g/mol. The molecule has 2 N–H and O–H groups in total. The number of nitrogens with two attached hydrogens (primary N) is 1. The van der Waals surface area contributed by atoms with Crippen LogP contribution in [0.3, 0.4) is 0 Å². The fourth-order valence-electron chi connectivity index (χ4n) is 1.39. The number of aryl methyl sites for hydroxylation is 1. The molecule has 4 nitrogen and oxygen atoms in total. The van der Waals surface area contributed by atoms with E-state index in [0.29, 0.717) is 5.82 Å². The normalized spacial score (nSPS) is 13.0. The van der Waals surface area contributed by atoms with Crippen LogP contribution in [-0.2, 0) is 0 Å². The van der Waals surface area contributed by atoms with Crippen molar-refractivity contribution in [3.8, 4) is 0 Å². The van der Waals surface area contributed by atoms with E-state index in [1.807, 2.05) is 19.2 Å². The van der Waals surface area contributed by atoms with Gasteiger partial charge in [-0.1, -0.05) is 0 Å². The summed E-state index contributed by atoms with van der Waals surface area (Å²) in [4.78, 5) is 4.26. The fraction of sp³-hybridized carbons (Fsp3) is 0.333. The van der Waals surface area contributed by atoms with E-state index in [0.717, 1.165) is 15.2 Å². The first-order valence-electron chi connectivity index (χ1n) is 4.50. The molecule has 1 unspecified atom stereocenters. The Bertz CT molecular complexity index is 463. The summed E-state index contributed by atoms with van der Waals surface area (Å²) < 4.78 is 2.66. The Morgan fingerprint density at radius 3 is 2.80 bits per heavy atom. The SMILES string of the molecule is Cc1nn(C(C)c2nccs2)c(N)c1Br. The van der Waals surface area contributed by atoms with Crippen LogP contribution in [0.25, 0.3) is 0 Å². The number of nitrogen functional groups attached to an aromatic ring is 1. The second-order valence-electron chi connectivity index (χ2n) is 3.28. The van der Waals surface area contributed by atoms with Crippen LogP contribution in [0.15, 0.2) is 16.0 Å². The molecule has 0 bridgehead atoms. The number of hydrogen-bond donors (Lipinski definition) is 1. The second kappa shape index (κ2) is 3.94. The van der Waals surface area contributed by atoms with Crippen LogP contribution in [0, 0.1) is 6.92 Å². The maximum Gasteiger partial charge on any atom is 0.137 e. The topological polar surface area (TPSA) is 56.7 Å². The number of aromatic nitrogens is 3. The van der Waals surface area contributed by atoms with Gasteiger partial charge in [-0.3, -0.25) is 0 Å². The molecule has 0 radical (unpaired) electrons. The molecule has 15 heavy (non-hydrogen) atoms. The molecule has 2 heterocycles. The van der Waals surface area contributed by atoms with E-state index in [4.69, 9.17) is 5.73 Å². The molecule has 0 aliphatic carbocycles. The summed E-state index contributed by atoms with van der Waals surface area (Å²) in [5, 5.41) is 7.34. The van der Waals surface area contributed by atoms with Gasteiger partial charge in [0, 0.05) is 11.6 Å². The van der Waals surface area contributed by atoms with Crippen LogP contribution < -0.4 is 5.73 Å². The van der Waals surface area contributed by atoms with E-state index in [1.54, 1.807) is 22.2 Å². The highest BCUT2D eigenvalue weighted by atomic mass is 79.9. The molecule has 2 rings (SSSR count). The highest BCUT2D eigenvalue weighted by Crippen LogP contribution is 2.29. The van der Waals surface area contributed by atoms with Gasteiger partial charge in [0.25, 0.3) is 0 Å². The summed E-state index contributed by atoms with van der Waals surface area (Å²) in [6.07, 6.45) is 1.79. The van der Waals surface area contributed by atoms with Gasteiger partial charge in [-0.2, -0.15) is 5.10 Å². The second-order valence-corrected chi connectivity index (χ2v) is 4.99. The third-order valence-corrected chi connectivity index (χ3v) is 4.15. The highest BCUT2D eigenvalue weighted by molar-refractivity contribution is 9.10. The predicted molar refractivity (Wildman–Crippen MR) is 65.0 cm³/mol. The summed E-state index contributed by atoms with van der Waals surface area (Å²) >= 11 is 5.01. The Balaban J connectivity index is 2.42. The van der Waals surface area contributed by atoms with Crippen molar-refractivity contribution in [2.24, 2.45) is 0 Å². The van der Waals surface area contributed by atoms with Crippen LogP contribution in [-0.4, -0.2) is 14.8 Å². The Morgan fingerprint density at radius 1 is 1.60 bits per heavy atom. The number of thiazole rings is 1. The van der Waals surface area contributed by atoms with Gasteiger partial charge >= 0.3 is 0 Å². The lowest BCUT2D eigenvalue weighted by Crippen LogP contribution is -2.11. The minimum absolute atomic E-state index is 0.0787. The molecule has 0 saturated heterocycles. The third kappa shape index (κ3) is 1.79. The minimum atomic E-state index is 0.0787. The largest absolute Gasteiger partial charge is 0.383 e. The first-order chi connectivity index (χ1) is 7.11. The van der Waals surface area contributed by atoms with Crippen molar-refractivity contribution >= 4 is 33.1 Å². The summed E-state index contributed by atoms with van der Waals surface area (Å²) in [7, 11) is 0. The highest BCUT2D eigenvalue weighted by Gasteiger charge is 2.17. The summed E-state index contributed by atoms with van der Waals surface area (Å²) in [5.41, 5.74) is 6.84. The lowest BCUT2D eigenvalue weighted by molar-refractivity contribution is 0.566. The van der Waals surface area contributed by atoms with Crippen molar-refractivity contribution in [1.82, 2.24) is 14.8 Å². The lowest BCUT2D eigenvalue weighted by Gasteiger charge is -2.10. The quantitative estimate of drug-likeness (QED) is 0.923. The zero-order valence-electron chi connectivity index (χ0n) is 8.44. The van der Waals surface area contributed by atoms with Crippen LogP contribution in [0.2, 0.25) is 0 Å². The Hall–Kier alpha value is -0.880. The Kier molecular flexibility index (Phi) is 2.79. The summed E-state index contributed by atoms with van der Waals surface area (Å²) in [6, 6.07) is 0.0787. The minimum Gasteiger partial charge on any atom is -0.383 e. The Labute approximate surface area is 100 Å². The van der Waals surface area contributed by atoms with E-state index in [2.05, 4.69) is 26.0 Å². The van der Waals surface area contributed by atoms with Crippen LogP contribution in [0.4, 0.5) is 5.82 Å². The van der Waals surface area contributed by atoms with Crippen LogP contribution >= 0.6 is 27.3 Å². The number of halogens is 1. The number of hydrogen-bond acceptors (Lipinski definition) is 4. The van der Waals surface area contributed by atoms with Crippen molar-refractivity contribution in [3.63, 3.8) is 0 Å². The van der Waals surface area contributed by atoms with E-state index in [9.17, 15) is 0 Å². The van der Waals surface area contributed by atoms with Crippen LogP contribution in [0.5, 0.6) is 0 Å². The first kappa shape index (κ1) is 10.6. The van der Waals surface area contributed by atoms with Gasteiger partial charge in [0.15, 0.2) is 0 Å². The average molecular weight is 287 g/mol. The molecule has 0 amide bonds. The number of rotatable bonds is 2. The molecule has 0 aromatic carbocycles. The maximum absolute atomic E-state index is 5.94. The van der Waals surface area contributed by atoms with Gasteiger partial charge in [0.2, 0.25) is 0 Å². The third-order valence-electron chi connectivity index (χ3n) is 2.22. The standard InChI is InChI=1S/C9H11BrN4S/c1-5-7(10)8(11)14(13-5)6(2)9-12-3-4-15-9/h3-4,6H,11H2,1-2H3. The van der Waals surface area contributed by atoms with Crippen molar-refractivity contribution in [2.45, 2.75) is 19.9 Å². The predicted octanol–water partition coefficient (Wildman–Crippen LogP) is 2.60. The zero-order valence-corrected chi connectivity index (χ0v) is 10.8. The molecule has 6 heteroatoms. The molecule has 0 fully saturated rings. The molecule has 80 valence electrons. The molecule has 0 aliphatic heterocycles. The molecule has 1 atom stereocenters. The zero-order chi connectivity index (χ0) is 11.0. The van der Waals surface area contributed by atoms with Gasteiger partial charge in [-0.25, -0.2) is 9.67 Å². The molecular formula is C9H11BrN4S. The van der Waals surface area contributed by atoms with Crippen LogP contribution in [0.1, 0.15) is 23.7 Å². The van der Waals surface area contributed by atoms with Crippen molar-refractivity contribution in [1.29, 1.82) is 0 Å². The maximum atomic E-state index is 5.94. The molecule has 2 aromatic heterocycles. The van der Waals surface area contributed by atoms with Crippen molar-refractivity contribution in [2.75, 3.05) is 5.73 Å². The van der Waals surface area contributed by atoms with Gasteiger partial charge in [-0.05, 0) is 29.8 Å². The first-order valence-corrected chi connectivity index (χ1v) is 6.18. The number of nitrogens with zero attached hydrogens (tertiary/aromatic N) is 3. The molecule has 0 aliphatic rings. The van der Waals surface area contributed by atoms with Crippen molar-refractivity contribution in [3.05, 3.63) is 26.8 Å². The van der Waals surface area contributed by atoms with E-state index in [-0.39, 0.29) is 6.04 Å². The van der Waals surface area contributed by atoms with E-state index < -0.39 is 0 Å². The number of anilines is 1. The Morgan fingerprint density at radius 2 is 2.33 bits per heavy atom. The van der Waals surface area contributed by atoms with E-state index in [1.165, 1.54) is 0 Å². The van der Waals surface area contributed by atoms with E-state index >= 15 is 0 Å². The fourth-order valence-corrected chi connectivity index (χ4v) is 2.33. The van der Waals surface area contributed by atoms with Crippen molar-refractivity contribution < 1.29 is 0 Å². The average Bonchev–Trinajstić information content (AvgIpc) is 2.82. The van der Waals surface area contributed by atoms with Gasteiger partial charge in [0.1, 0.15) is 16.9 Å². The van der Waals surface area contributed by atoms with Gasteiger partial charge in [0.05, 0.1) is 10.2 Å². The lowest BCUT2D eigenvalue weighted by atomic mass is 10.3. The summed E-state index contributed by atoms with van der Waals surface area (Å²) in [6.45, 7) is 3.96. The monoisotopic (exact) mass is 286 g/mol. The molecule has 0 saturated carbocycles. The van der Waals surface area contributed by atoms with Gasteiger partial charge in [-0.15, -0.1) is 11.3 Å². The molecule has 0 spiro atoms. The van der Waals surface area contributed by atoms with Gasteiger partial charge < -0.3 is 5.73 Å². The summed E-state index contributed by atoms with van der Waals surface area (Å²) in [5.74, 6) is 0.648.